The van der Waals surface area contributed by atoms with Crippen molar-refractivity contribution in [2.24, 2.45) is 0 Å². The number of aryl methyl sites for hydroxylation is 2. The fourth-order valence-electron chi connectivity index (χ4n) is 3.95. The van der Waals surface area contributed by atoms with E-state index in [2.05, 4.69) is 15.3 Å². The minimum absolute atomic E-state index is 0.00584. The van der Waals surface area contributed by atoms with Gasteiger partial charge < -0.3 is 11.1 Å². The molecule has 3 N–H and O–H groups in total. The van der Waals surface area contributed by atoms with E-state index in [4.69, 9.17) is 5.73 Å². The summed E-state index contributed by atoms with van der Waals surface area (Å²) >= 11 is 0. The van der Waals surface area contributed by atoms with Gasteiger partial charge in [0.25, 0.3) is 0 Å². The number of nitrogens with zero attached hydrogens (tertiary/aromatic N) is 2. The van der Waals surface area contributed by atoms with Crippen LogP contribution < -0.4 is 11.1 Å². The fourth-order valence-corrected chi connectivity index (χ4v) is 5.10. The van der Waals surface area contributed by atoms with Gasteiger partial charge in [-0.3, -0.25) is 0 Å². The number of aromatic nitrogens is 2. The average molecular weight is 477 g/mol. The standard InChI is InChI=1S/C23H23F3N4O2S/c1-13-7-17(16-3-5-33(31,32)6-4-16)10-20-21(13)29-14(2)30-22(20)28-12-15-8-18(23(24,25)26)11-19(27)9-15/h3,7-11H,4-6,12,27H2,1-2H3,(H,28,29,30). The zero-order chi connectivity index (χ0) is 24.0. The molecule has 0 unspecified atom stereocenters. The van der Waals surface area contributed by atoms with Crippen LogP contribution in [0.1, 0.15) is 34.5 Å². The van der Waals surface area contributed by atoms with Crippen molar-refractivity contribution in [3.05, 3.63) is 64.5 Å². The largest absolute Gasteiger partial charge is 0.416 e. The smallest absolute Gasteiger partial charge is 0.399 e. The zero-order valence-corrected chi connectivity index (χ0v) is 18.9. The average Bonchev–Trinajstić information content (AvgIpc) is 2.71. The summed E-state index contributed by atoms with van der Waals surface area (Å²) in [6.07, 6.45) is -2.34. The molecule has 1 aromatic heterocycles. The quantitative estimate of drug-likeness (QED) is 0.532. The number of anilines is 2. The molecule has 0 amide bonds. The van der Waals surface area contributed by atoms with Crippen molar-refractivity contribution < 1.29 is 21.6 Å². The number of allylic oxidation sites excluding steroid dienone is 1. The molecule has 2 heterocycles. The van der Waals surface area contributed by atoms with Gasteiger partial charge in [-0.1, -0.05) is 6.08 Å². The van der Waals surface area contributed by atoms with Gasteiger partial charge in [-0.2, -0.15) is 13.2 Å². The van der Waals surface area contributed by atoms with Gasteiger partial charge in [-0.15, -0.1) is 0 Å². The number of hydrogen-bond acceptors (Lipinski definition) is 6. The Balaban J connectivity index is 1.72. The number of fused-ring (bicyclic) bond motifs is 1. The summed E-state index contributed by atoms with van der Waals surface area (Å²) in [5.41, 5.74) is 8.72. The molecule has 33 heavy (non-hydrogen) atoms. The third-order valence-electron chi connectivity index (χ3n) is 5.54. The summed E-state index contributed by atoms with van der Waals surface area (Å²) in [5, 5.41) is 3.84. The van der Waals surface area contributed by atoms with Crippen molar-refractivity contribution in [3.8, 4) is 0 Å². The second-order valence-corrected chi connectivity index (χ2v) is 10.4. The van der Waals surface area contributed by atoms with Gasteiger partial charge in [0, 0.05) is 17.6 Å². The highest BCUT2D eigenvalue weighted by atomic mass is 32.2. The van der Waals surface area contributed by atoms with Gasteiger partial charge in [0.1, 0.15) is 11.6 Å². The SMILES string of the molecule is Cc1nc(NCc2cc(N)cc(C(F)(F)F)c2)c2cc(C3=CCS(=O)(=O)CC3)cc(C)c2n1. The Hall–Kier alpha value is -3.14. The number of nitrogen functional groups attached to an aromatic ring is 1. The van der Waals surface area contributed by atoms with Crippen LogP contribution in [0.2, 0.25) is 0 Å². The summed E-state index contributed by atoms with van der Waals surface area (Å²) in [6.45, 7) is 3.74. The van der Waals surface area contributed by atoms with E-state index in [9.17, 15) is 21.6 Å². The lowest BCUT2D eigenvalue weighted by Crippen LogP contribution is -2.15. The van der Waals surface area contributed by atoms with Gasteiger partial charge in [-0.25, -0.2) is 18.4 Å². The zero-order valence-electron chi connectivity index (χ0n) is 18.1. The van der Waals surface area contributed by atoms with Gasteiger partial charge in [0.15, 0.2) is 9.84 Å². The predicted molar refractivity (Wildman–Crippen MR) is 123 cm³/mol. The summed E-state index contributed by atoms with van der Waals surface area (Å²) < 4.78 is 63.0. The van der Waals surface area contributed by atoms with Gasteiger partial charge >= 0.3 is 6.18 Å². The minimum atomic E-state index is -4.49. The third-order valence-corrected chi connectivity index (χ3v) is 7.04. The summed E-state index contributed by atoms with van der Waals surface area (Å²) in [7, 11) is -3.05. The van der Waals surface area contributed by atoms with Gasteiger partial charge in [-0.05, 0) is 72.9 Å². The Morgan fingerprint density at radius 2 is 1.85 bits per heavy atom. The molecule has 0 bridgehead atoms. The first-order chi connectivity index (χ1) is 15.4. The van der Waals surface area contributed by atoms with Gasteiger partial charge in [0.05, 0.1) is 22.6 Å². The van der Waals surface area contributed by atoms with Crippen LogP contribution in [-0.2, 0) is 22.6 Å². The number of hydrogen-bond donors (Lipinski definition) is 2. The number of halogens is 3. The van der Waals surface area contributed by atoms with Crippen LogP contribution in [0.15, 0.2) is 36.4 Å². The van der Waals surface area contributed by atoms with Crippen molar-refractivity contribution in [2.45, 2.75) is 33.0 Å². The first-order valence-corrected chi connectivity index (χ1v) is 12.1. The first-order valence-electron chi connectivity index (χ1n) is 10.3. The predicted octanol–water partition coefficient (Wildman–Crippen LogP) is 4.66. The maximum Gasteiger partial charge on any atom is 0.416 e. The molecule has 0 radical (unpaired) electrons. The molecule has 1 aliphatic heterocycles. The second kappa shape index (κ2) is 8.33. The van der Waals surface area contributed by atoms with Crippen LogP contribution in [0, 0.1) is 13.8 Å². The monoisotopic (exact) mass is 476 g/mol. The molecular formula is C23H23F3N4O2S. The minimum Gasteiger partial charge on any atom is -0.399 e. The summed E-state index contributed by atoms with van der Waals surface area (Å²) in [5.74, 6) is 1.11. The molecule has 0 saturated heterocycles. The number of benzene rings is 2. The van der Waals surface area contributed by atoms with Crippen LogP contribution in [0.3, 0.4) is 0 Å². The van der Waals surface area contributed by atoms with Crippen molar-refractivity contribution in [1.29, 1.82) is 0 Å². The van der Waals surface area contributed by atoms with E-state index in [1.165, 1.54) is 6.07 Å². The lowest BCUT2D eigenvalue weighted by atomic mass is 9.98. The molecule has 1 aliphatic rings. The van der Waals surface area contributed by atoms with E-state index < -0.39 is 21.6 Å². The molecule has 0 spiro atoms. The Morgan fingerprint density at radius 3 is 2.52 bits per heavy atom. The highest BCUT2D eigenvalue weighted by Crippen LogP contribution is 2.33. The molecule has 174 valence electrons. The van der Waals surface area contributed by atoms with Crippen LogP contribution in [0.4, 0.5) is 24.7 Å². The Bertz CT molecular complexity index is 1380. The van der Waals surface area contributed by atoms with E-state index in [0.29, 0.717) is 29.0 Å². The van der Waals surface area contributed by atoms with E-state index in [1.54, 1.807) is 13.0 Å². The highest BCUT2D eigenvalue weighted by Gasteiger charge is 2.31. The normalized spacial score (nSPS) is 16.0. The number of sulfone groups is 1. The molecule has 3 aromatic rings. The third kappa shape index (κ3) is 5.11. The molecule has 0 aliphatic carbocycles. The van der Waals surface area contributed by atoms with Gasteiger partial charge in [0.2, 0.25) is 0 Å². The summed E-state index contributed by atoms with van der Waals surface area (Å²) in [6, 6.07) is 7.32. The number of rotatable bonds is 4. The van der Waals surface area contributed by atoms with Crippen molar-refractivity contribution in [3.63, 3.8) is 0 Å². The molecule has 0 fully saturated rings. The Morgan fingerprint density at radius 1 is 1.09 bits per heavy atom. The van der Waals surface area contributed by atoms with Crippen molar-refractivity contribution >= 4 is 37.8 Å². The Kier molecular flexibility index (Phi) is 5.81. The topological polar surface area (TPSA) is 98.0 Å². The lowest BCUT2D eigenvalue weighted by Gasteiger charge is -2.17. The molecule has 6 nitrogen and oxygen atoms in total. The van der Waals surface area contributed by atoms with E-state index in [0.717, 1.165) is 34.3 Å². The van der Waals surface area contributed by atoms with Crippen LogP contribution in [0.25, 0.3) is 16.5 Å². The number of nitrogens with one attached hydrogen (secondary N) is 1. The molecule has 2 aromatic carbocycles. The Labute approximate surface area is 189 Å². The van der Waals surface area contributed by atoms with Crippen LogP contribution >= 0.6 is 0 Å². The fraction of sp³-hybridized carbons (Fsp3) is 0.304. The van der Waals surface area contributed by atoms with E-state index in [1.807, 2.05) is 19.1 Å². The molecular weight excluding hydrogens is 453 g/mol. The molecule has 4 rings (SSSR count). The highest BCUT2D eigenvalue weighted by molar-refractivity contribution is 7.91. The lowest BCUT2D eigenvalue weighted by molar-refractivity contribution is -0.137. The maximum atomic E-state index is 13.1. The summed E-state index contributed by atoms with van der Waals surface area (Å²) in [4.78, 5) is 8.99. The molecule has 0 saturated carbocycles. The molecule has 0 atom stereocenters. The van der Waals surface area contributed by atoms with E-state index >= 15 is 0 Å². The van der Waals surface area contributed by atoms with Crippen molar-refractivity contribution in [1.82, 2.24) is 9.97 Å². The maximum absolute atomic E-state index is 13.1. The first kappa shape index (κ1) is 23.0. The number of nitrogens with two attached hydrogens (primary N) is 1. The number of alkyl halides is 3. The van der Waals surface area contributed by atoms with Crippen LogP contribution in [0.5, 0.6) is 0 Å². The second-order valence-electron chi connectivity index (χ2n) is 8.22. The van der Waals surface area contributed by atoms with Crippen LogP contribution in [-0.4, -0.2) is 29.9 Å². The van der Waals surface area contributed by atoms with E-state index in [-0.39, 0.29) is 23.7 Å². The van der Waals surface area contributed by atoms with Crippen molar-refractivity contribution in [2.75, 3.05) is 22.6 Å². The molecule has 10 heteroatoms.